The number of nitriles is 1. The third kappa shape index (κ3) is 2.83. The number of nitrogens with one attached hydrogen (secondary N) is 1. The second-order valence-corrected chi connectivity index (χ2v) is 3.72. The Morgan fingerprint density at radius 3 is 2.53 bits per heavy atom. The van der Waals surface area contributed by atoms with E-state index in [0.717, 1.165) is 0 Å². The minimum atomic E-state index is -1.03. The van der Waals surface area contributed by atoms with Gasteiger partial charge in [0, 0.05) is 30.4 Å². The molecule has 3 nitrogen and oxygen atoms in total. The predicted molar refractivity (Wildman–Crippen MR) is 62.6 cm³/mol. The molecule has 0 aliphatic heterocycles. The highest BCUT2D eigenvalue weighted by Crippen LogP contribution is 2.21. The molecule has 96 valence electrons. The highest BCUT2D eigenvalue weighted by atomic mass is 19.1. The first-order valence-electron chi connectivity index (χ1n) is 5.34. The number of hydrogen-bond acceptors (Lipinski definition) is 3. The van der Waals surface area contributed by atoms with Crippen LogP contribution in [0.5, 0.6) is 0 Å². The van der Waals surface area contributed by atoms with E-state index in [2.05, 4.69) is 10.3 Å². The first kappa shape index (κ1) is 12.9. The van der Waals surface area contributed by atoms with Crippen LogP contribution in [0.3, 0.4) is 0 Å². The molecule has 19 heavy (non-hydrogen) atoms. The van der Waals surface area contributed by atoms with E-state index in [0.29, 0.717) is 17.7 Å². The van der Waals surface area contributed by atoms with Crippen molar-refractivity contribution in [3.05, 3.63) is 59.2 Å². The number of benzene rings is 1. The Hall–Kier alpha value is -2.55. The van der Waals surface area contributed by atoms with Crippen molar-refractivity contribution in [2.75, 3.05) is 5.32 Å². The van der Waals surface area contributed by atoms with Gasteiger partial charge in [-0.2, -0.15) is 5.26 Å². The molecule has 0 aliphatic rings. The van der Waals surface area contributed by atoms with Crippen LogP contribution in [-0.4, -0.2) is 4.98 Å². The maximum atomic E-state index is 13.4. The second-order valence-electron chi connectivity index (χ2n) is 3.72. The lowest BCUT2D eigenvalue weighted by atomic mass is 10.2. The van der Waals surface area contributed by atoms with E-state index >= 15 is 0 Å². The highest BCUT2D eigenvalue weighted by Gasteiger charge is 2.12. The molecule has 1 heterocycles. The van der Waals surface area contributed by atoms with E-state index in [4.69, 9.17) is 5.26 Å². The number of rotatable bonds is 3. The molecule has 0 bridgehead atoms. The number of halogens is 3. The Kier molecular flexibility index (Phi) is 3.66. The summed E-state index contributed by atoms with van der Waals surface area (Å²) in [7, 11) is 0. The van der Waals surface area contributed by atoms with Crippen molar-refractivity contribution in [2.24, 2.45) is 0 Å². The van der Waals surface area contributed by atoms with E-state index in [1.54, 1.807) is 12.1 Å². The van der Waals surface area contributed by atoms with Crippen molar-refractivity contribution >= 4 is 5.69 Å². The minimum Gasteiger partial charge on any atom is -0.376 e. The van der Waals surface area contributed by atoms with Crippen molar-refractivity contribution in [3.63, 3.8) is 0 Å². The quantitative estimate of drug-likeness (QED) is 0.926. The molecule has 6 heteroatoms. The summed E-state index contributed by atoms with van der Waals surface area (Å²) in [4.78, 5) is 3.82. The van der Waals surface area contributed by atoms with Crippen molar-refractivity contribution in [1.29, 1.82) is 5.26 Å². The summed E-state index contributed by atoms with van der Waals surface area (Å²) in [5.41, 5.74) is 0.222. The summed E-state index contributed by atoms with van der Waals surface area (Å²) < 4.78 is 39.5. The third-order valence-electron chi connectivity index (χ3n) is 2.46. The summed E-state index contributed by atoms with van der Waals surface area (Å²) in [5.74, 6) is -3.04. The van der Waals surface area contributed by atoms with Crippen LogP contribution in [0.1, 0.15) is 11.3 Å². The normalized spacial score (nSPS) is 10.0. The predicted octanol–water partition coefficient (Wildman–Crippen LogP) is 2.98. The van der Waals surface area contributed by atoms with Crippen molar-refractivity contribution in [3.8, 4) is 6.07 Å². The number of aromatic nitrogens is 1. The van der Waals surface area contributed by atoms with Crippen LogP contribution >= 0.6 is 0 Å². The van der Waals surface area contributed by atoms with Crippen LogP contribution in [0.15, 0.2) is 30.5 Å². The molecular formula is C13H8F3N3. The SMILES string of the molecule is N#Cc1ncccc1CNc1c(F)cc(F)cc1F. The summed E-state index contributed by atoms with van der Waals surface area (Å²) in [6, 6.07) is 6.25. The zero-order chi connectivity index (χ0) is 13.8. The molecule has 0 aliphatic carbocycles. The molecule has 0 spiro atoms. The Balaban J connectivity index is 2.22. The van der Waals surface area contributed by atoms with Crippen LogP contribution in [0.2, 0.25) is 0 Å². The van der Waals surface area contributed by atoms with Crippen LogP contribution < -0.4 is 5.32 Å². The summed E-state index contributed by atoms with van der Waals surface area (Å²) in [6.45, 7) is 0.0101. The van der Waals surface area contributed by atoms with E-state index in [-0.39, 0.29) is 12.2 Å². The van der Waals surface area contributed by atoms with Crippen LogP contribution in [0.25, 0.3) is 0 Å². The molecule has 2 rings (SSSR count). The zero-order valence-electron chi connectivity index (χ0n) is 9.62. The van der Waals surface area contributed by atoms with Gasteiger partial charge in [0.25, 0.3) is 0 Å². The lowest BCUT2D eigenvalue weighted by Crippen LogP contribution is -2.06. The summed E-state index contributed by atoms with van der Waals surface area (Å²) in [5, 5.41) is 11.3. The third-order valence-corrected chi connectivity index (χ3v) is 2.46. The number of anilines is 1. The number of nitrogens with zero attached hydrogens (tertiary/aromatic N) is 2. The maximum absolute atomic E-state index is 13.4. The Morgan fingerprint density at radius 2 is 1.89 bits per heavy atom. The molecule has 0 radical (unpaired) electrons. The summed E-state index contributed by atoms with van der Waals surface area (Å²) >= 11 is 0. The van der Waals surface area contributed by atoms with Gasteiger partial charge in [-0.05, 0) is 6.07 Å². The average Bonchev–Trinajstić information content (AvgIpc) is 2.38. The van der Waals surface area contributed by atoms with Crippen LogP contribution in [0.4, 0.5) is 18.9 Å². The molecule has 0 atom stereocenters. The fraction of sp³-hybridized carbons (Fsp3) is 0.0769. The van der Waals surface area contributed by atoms with Gasteiger partial charge in [0.2, 0.25) is 0 Å². The van der Waals surface area contributed by atoms with E-state index in [9.17, 15) is 13.2 Å². The molecule has 0 saturated carbocycles. The number of hydrogen-bond donors (Lipinski definition) is 1. The average molecular weight is 263 g/mol. The monoisotopic (exact) mass is 263 g/mol. The van der Waals surface area contributed by atoms with Gasteiger partial charge in [0.1, 0.15) is 23.3 Å². The Bertz CT molecular complexity index is 627. The molecule has 0 saturated heterocycles. The molecule has 0 amide bonds. The van der Waals surface area contributed by atoms with Crippen molar-refractivity contribution in [1.82, 2.24) is 4.98 Å². The molecule has 0 fully saturated rings. The Labute approximate surface area is 107 Å². The molecule has 1 aromatic heterocycles. The van der Waals surface area contributed by atoms with Crippen LogP contribution in [0, 0.1) is 28.8 Å². The van der Waals surface area contributed by atoms with Crippen molar-refractivity contribution in [2.45, 2.75) is 6.54 Å². The van der Waals surface area contributed by atoms with Gasteiger partial charge in [0.05, 0.1) is 0 Å². The highest BCUT2D eigenvalue weighted by molar-refractivity contribution is 5.47. The van der Waals surface area contributed by atoms with Gasteiger partial charge in [-0.15, -0.1) is 0 Å². The van der Waals surface area contributed by atoms with E-state index in [1.807, 2.05) is 6.07 Å². The lowest BCUT2D eigenvalue weighted by Gasteiger charge is -2.09. The Morgan fingerprint density at radius 1 is 1.21 bits per heavy atom. The van der Waals surface area contributed by atoms with Crippen LogP contribution in [-0.2, 0) is 6.54 Å². The van der Waals surface area contributed by atoms with Gasteiger partial charge < -0.3 is 5.32 Å². The molecular weight excluding hydrogens is 255 g/mol. The molecule has 1 aromatic carbocycles. The standard InChI is InChI=1S/C13H8F3N3/c14-9-4-10(15)13(11(16)5-9)19-7-8-2-1-3-18-12(8)6-17/h1-5,19H,7H2. The largest absolute Gasteiger partial charge is 0.376 e. The topological polar surface area (TPSA) is 48.7 Å². The van der Waals surface area contributed by atoms with Gasteiger partial charge in [0.15, 0.2) is 11.6 Å². The molecule has 0 unspecified atom stereocenters. The smallest absolute Gasteiger partial charge is 0.152 e. The summed E-state index contributed by atoms with van der Waals surface area (Å²) in [6.07, 6.45) is 1.45. The molecule has 2 aromatic rings. The van der Waals surface area contributed by atoms with Gasteiger partial charge in [-0.25, -0.2) is 18.2 Å². The van der Waals surface area contributed by atoms with Crippen molar-refractivity contribution < 1.29 is 13.2 Å². The van der Waals surface area contributed by atoms with E-state index < -0.39 is 23.1 Å². The minimum absolute atomic E-state index is 0.0101. The number of pyridine rings is 1. The second kappa shape index (κ2) is 5.40. The fourth-order valence-corrected chi connectivity index (χ4v) is 1.58. The first-order chi connectivity index (χ1) is 9.11. The maximum Gasteiger partial charge on any atom is 0.152 e. The zero-order valence-corrected chi connectivity index (χ0v) is 9.62. The van der Waals surface area contributed by atoms with Gasteiger partial charge in [-0.1, -0.05) is 6.07 Å². The van der Waals surface area contributed by atoms with Gasteiger partial charge in [-0.3, -0.25) is 0 Å². The fourth-order valence-electron chi connectivity index (χ4n) is 1.58. The van der Waals surface area contributed by atoms with Gasteiger partial charge >= 0.3 is 0 Å². The van der Waals surface area contributed by atoms with E-state index in [1.165, 1.54) is 6.20 Å². The molecule has 1 N–H and O–H groups in total. The lowest BCUT2D eigenvalue weighted by molar-refractivity contribution is 0.547. The first-order valence-corrected chi connectivity index (χ1v) is 5.34.